The molecule has 150 valence electrons. The number of para-hydroxylation sites is 2. The fraction of sp³-hybridized carbons (Fsp3) is 0.0909. The number of aromatic nitrogens is 1. The average molecular weight is 403 g/mol. The summed E-state index contributed by atoms with van der Waals surface area (Å²) in [7, 11) is 0. The van der Waals surface area contributed by atoms with Gasteiger partial charge in [0.15, 0.2) is 5.58 Å². The van der Waals surface area contributed by atoms with E-state index in [0.29, 0.717) is 17.3 Å². The summed E-state index contributed by atoms with van der Waals surface area (Å²) in [5.41, 5.74) is 2.96. The number of ether oxygens (including phenoxy) is 1. The van der Waals surface area contributed by atoms with Gasteiger partial charge in [0.25, 0.3) is 5.69 Å². The highest BCUT2D eigenvalue weighted by Crippen LogP contribution is 2.25. The summed E-state index contributed by atoms with van der Waals surface area (Å²) in [5, 5.41) is 13.4. The van der Waals surface area contributed by atoms with E-state index in [4.69, 9.17) is 9.15 Å². The van der Waals surface area contributed by atoms with Crippen LogP contribution in [0.15, 0.2) is 77.2 Å². The summed E-state index contributed by atoms with van der Waals surface area (Å²) in [6, 6.07) is 20.5. The molecule has 1 heterocycles. The number of oxazole rings is 1. The Morgan fingerprint density at radius 2 is 1.77 bits per heavy atom. The van der Waals surface area contributed by atoms with Crippen LogP contribution >= 0.6 is 0 Å². The number of carbonyl (C=O) groups is 1. The Bertz CT molecular complexity index is 1150. The molecule has 1 N–H and O–H groups in total. The molecule has 8 heteroatoms. The predicted octanol–water partition coefficient (Wildman–Crippen LogP) is 4.81. The number of non-ortho nitro benzene ring substituents is 1. The van der Waals surface area contributed by atoms with E-state index in [1.54, 1.807) is 12.1 Å². The van der Waals surface area contributed by atoms with Crippen LogP contribution in [-0.2, 0) is 4.79 Å². The number of carbonyl (C=O) groups excluding carboxylic acids is 1. The maximum Gasteiger partial charge on any atom is 0.269 e. The van der Waals surface area contributed by atoms with Crippen molar-refractivity contribution < 1.29 is 18.9 Å². The molecule has 0 unspecified atom stereocenters. The predicted molar refractivity (Wildman–Crippen MR) is 111 cm³/mol. The SMILES string of the molecule is O=C(CCOc1ccc([N+](=O)[O-])cc1)Nc1ccc(-c2nc3ccccc3o2)cc1. The van der Waals surface area contributed by atoms with Crippen LogP contribution in [0, 0.1) is 10.1 Å². The summed E-state index contributed by atoms with van der Waals surface area (Å²) in [6.07, 6.45) is 0.143. The molecule has 0 spiro atoms. The molecular weight excluding hydrogens is 386 g/mol. The van der Waals surface area contributed by atoms with Crippen molar-refractivity contribution in [1.82, 2.24) is 4.98 Å². The number of hydrogen-bond acceptors (Lipinski definition) is 6. The molecule has 0 aliphatic heterocycles. The topological polar surface area (TPSA) is 108 Å². The summed E-state index contributed by atoms with van der Waals surface area (Å²) in [5.74, 6) is 0.785. The Labute approximate surface area is 171 Å². The number of benzene rings is 3. The molecular formula is C22H17N3O5. The highest BCUT2D eigenvalue weighted by atomic mass is 16.6. The van der Waals surface area contributed by atoms with E-state index in [2.05, 4.69) is 10.3 Å². The first-order chi connectivity index (χ1) is 14.6. The minimum absolute atomic E-state index is 0.0126. The smallest absolute Gasteiger partial charge is 0.269 e. The van der Waals surface area contributed by atoms with Crippen LogP contribution in [0.2, 0.25) is 0 Å². The molecule has 0 aliphatic carbocycles. The monoisotopic (exact) mass is 403 g/mol. The lowest BCUT2D eigenvalue weighted by Gasteiger charge is -2.07. The molecule has 30 heavy (non-hydrogen) atoms. The number of nitrogens with zero attached hydrogens (tertiary/aromatic N) is 2. The summed E-state index contributed by atoms with van der Waals surface area (Å²) >= 11 is 0. The Hall–Kier alpha value is -4.20. The molecule has 4 rings (SSSR count). The Kier molecular flexibility index (Phi) is 5.38. The minimum atomic E-state index is -0.479. The van der Waals surface area contributed by atoms with E-state index in [-0.39, 0.29) is 24.6 Å². The van der Waals surface area contributed by atoms with E-state index in [1.807, 2.05) is 36.4 Å². The van der Waals surface area contributed by atoms with Gasteiger partial charge < -0.3 is 14.5 Å². The van der Waals surface area contributed by atoms with Gasteiger partial charge >= 0.3 is 0 Å². The molecule has 4 aromatic rings. The van der Waals surface area contributed by atoms with Crippen LogP contribution in [0.5, 0.6) is 5.75 Å². The van der Waals surface area contributed by atoms with Gasteiger partial charge in [-0.15, -0.1) is 0 Å². The number of hydrogen-bond donors (Lipinski definition) is 1. The van der Waals surface area contributed by atoms with Crippen molar-refractivity contribution in [2.75, 3.05) is 11.9 Å². The van der Waals surface area contributed by atoms with Crippen LogP contribution < -0.4 is 10.1 Å². The molecule has 1 aromatic heterocycles. The van der Waals surface area contributed by atoms with Gasteiger partial charge in [0, 0.05) is 23.4 Å². The van der Waals surface area contributed by atoms with Crippen molar-refractivity contribution in [1.29, 1.82) is 0 Å². The van der Waals surface area contributed by atoms with Gasteiger partial charge in [0.05, 0.1) is 18.0 Å². The van der Waals surface area contributed by atoms with E-state index in [1.165, 1.54) is 24.3 Å². The molecule has 1 amide bonds. The lowest BCUT2D eigenvalue weighted by molar-refractivity contribution is -0.384. The molecule has 0 fully saturated rings. The zero-order chi connectivity index (χ0) is 20.9. The van der Waals surface area contributed by atoms with Crippen molar-refractivity contribution >= 4 is 28.4 Å². The average Bonchev–Trinajstić information content (AvgIpc) is 3.19. The highest BCUT2D eigenvalue weighted by molar-refractivity contribution is 5.91. The molecule has 0 atom stereocenters. The van der Waals surface area contributed by atoms with Crippen molar-refractivity contribution in [2.45, 2.75) is 6.42 Å². The fourth-order valence-electron chi connectivity index (χ4n) is 2.84. The van der Waals surface area contributed by atoms with Crippen LogP contribution in [0.25, 0.3) is 22.6 Å². The lowest BCUT2D eigenvalue weighted by atomic mass is 10.2. The van der Waals surface area contributed by atoms with E-state index in [9.17, 15) is 14.9 Å². The second-order valence-electron chi connectivity index (χ2n) is 6.46. The normalized spacial score (nSPS) is 10.7. The molecule has 3 aromatic carbocycles. The third-order valence-electron chi connectivity index (χ3n) is 4.35. The first kappa shape index (κ1) is 19.1. The van der Waals surface area contributed by atoms with Crippen LogP contribution in [0.3, 0.4) is 0 Å². The lowest BCUT2D eigenvalue weighted by Crippen LogP contribution is -2.15. The zero-order valence-corrected chi connectivity index (χ0v) is 15.8. The van der Waals surface area contributed by atoms with Gasteiger partial charge in [-0.1, -0.05) is 12.1 Å². The van der Waals surface area contributed by atoms with Crippen molar-refractivity contribution in [3.05, 3.63) is 82.9 Å². The Morgan fingerprint density at radius 1 is 1.03 bits per heavy atom. The van der Waals surface area contributed by atoms with Gasteiger partial charge in [-0.05, 0) is 48.5 Å². The van der Waals surface area contributed by atoms with E-state index in [0.717, 1.165) is 16.7 Å². The Balaban J connectivity index is 1.29. The number of rotatable bonds is 7. The molecule has 8 nitrogen and oxygen atoms in total. The molecule has 0 bridgehead atoms. The number of fused-ring (bicyclic) bond motifs is 1. The standard InChI is InChI=1S/C22H17N3O5/c26-21(13-14-29-18-11-9-17(10-12-18)25(27)28)23-16-7-5-15(6-8-16)22-24-19-3-1-2-4-20(19)30-22/h1-12H,13-14H2,(H,23,26). The number of nitro groups is 1. The van der Waals surface area contributed by atoms with Gasteiger partial charge in [-0.2, -0.15) is 0 Å². The maximum absolute atomic E-state index is 12.1. The third-order valence-corrected chi connectivity index (χ3v) is 4.35. The first-order valence-electron chi connectivity index (χ1n) is 9.21. The molecule has 0 radical (unpaired) electrons. The van der Waals surface area contributed by atoms with Crippen molar-refractivity contribution in [3.63, 3.8) is 0 Å². The van der Waals surface area contributed by atoms with E-state index < -0.39 is 4.92 Å². The number of anilines is 1. The van der Waals surface area contributed by atoms with Crippen LogP contribution in [0.4, 0.5) is 11.4 Å². The number of nitrogens with one attached hydrogen (secondary N) is 1. The van der Waals surface area contributed by atoms with Gasteiger partial charge in [0.1, 0.15) is 11.3 Å². The van der Waals surface area contributed by atoms with E-state index >= 15 is 0 Å². The second-order valence-corrected chi connectivity index (χ2v) is 6.46. The molecule has 0 saturated heterocycles. The first-order valence-corrected chi connectivity index (χ1v) is 9.21. The van der Waals surface area contributed by atoms with Crippen LogP contribution in [0.1, 0.15) is 6.42 Å². The molecule has 0 aliphatic rings. The Morgan fingerprint density at radius 3 is 2.47 bits per heavy atom. The second kappa shape index (κ2) is 8.44. The summed E-state index contributed by atoms with van der Waals surface area (Å²) in [6.45, 7) is 0.157. The van der Waals surface area contributed by atoms with Crippen molar-refractivity contribution in [3.8, 4) is 17.2 Å². The number of amides is 1. The minimum Gasteiger partial charge on any atom is -0.493 e. The fourth-order valence-corrected chi connectivity index (χ4v) is 2.84. The van der Waals surface area contributed by atoms with Crippen LogP contribution in [-0.4, -0.2) is 22.4 Å². The van der Waals surface area contributed by atoms with Gasteiger partial charge in [0.2, 0.25) is 11.8 Å². The zero-order valence-electron chi connectivity index (χ0n) is 15.8. The number of nitro benzene ring substituents is 1. The maximum atomic E-state index is 12.1. The molecule has 0 saturated carbocycles. The highest BCUT2D eigenvalue weighted by Gasteiger charge is 2.09. The van der Waals surface area contributed by atoms with Crippen molar-refractivity contribution in [2.24, 2.45) is 0 Å². The quantitative estimate of drug-likeness (QED) is 0.350. The summed E-state index contributed by atoms with van der Waals surface area (Å²) in [4.78, 5) is 26.7. The van der Waals surface area contributed by atoms with Gasteiger partial charge in [-0.25, -0.2) is 4.98 Å². The largest absolute Gasteiger partial charge is 0.493 e. The summed E-state index contributed by atoms with van der Waals surface area (Å²) < 4.78 is 11.2. The third kappa shape index (κ3) is 4.44. The van der Waals surface area contributed by atoms with Gasteiger partial charge in [-0.3, -0.25) is 14.9 Å².